The average Bonchev–Trinajstić information content (AvgIpc) is 3.52. The van der Waals surface area contributed by atoms with E-state index in [1.165, 1.54) is 17.4 Å². The Balaban J connectivity index is 1.44. The summed E-state index contributed by atoms with van der Waals surface area (Å²) >= 11 is 1.19. The lowest BCUT2D eigenvalue weighted by molar-refractivity contribution is -0.112. The second kappa shape index (κ2) is 11.1. The first-order valence-electron chi connectivity index (χ1n) is 10.9. The first kappa shape index (κ1) is 23.7. The van der Waals surface area contributed by atoms with Crippen LogP contribution in [0.1, 0.15) is 23.2 Å². The van der Waals surface area contributed by atoms with Gasteiger partial charge in [-0.3, -0.25) is 10.1 Å². The number of nitrogens with one attached hydrogen (secondary N) is 1. The lowest BCUT2D eigenvalue weighted by Crippen LogP contribution is -2.13. The van der Waals surface area contributed by atoms with Crippen molar-refractivity contribution in [3.63, 3.8) is 0 Å². The van der Waals surface area contributed by atoms with E-state index in [1.54, 1.807) is 0 Å². The Hall–Kier alpha value is -4.42. The van der Waals surface area contributed by atoms with Gasteiger partial charge in [0.2, 0.25) is 5.13 Å². The highest BCUT2D eigenvalue weighted by molar-refractivity contribution is 7.15. The molecule has 1 amide bonds. The van der Waals surface area contributed by atoms with E-state index in [4.69, 9.17) is 9.47 Å². The Morgan fingerprint density at radius 3 is 2.66 bits per heavy atom. The van der Waals surface area contributed by atoms with Crippen LogP contribution in [0.25, 0.3) is 11.8 Å². The van der Waals surface area contributed by atoms with Gasteiger partial charge in [0.25, 0.3) is 5.91 Å². The number of carbonyl (C=O) groups excluding carboxylic acids is 1. The lowest BCUT2D eigenvalue weighted by atomic mass is 10.2. The average molecular weight is 486 g/mol. The molecule has 0 atom stereocenters. The molecule has 0 radical (unpaired) electrons. The fourth-order valence-corrected chi connectivity index (χ4v) is 3.95. The largest absolute Gasteiger partial charge is 0.494 e. The van der Waals surface area contributed by atoms with E-state index in [1.807, 2.05) is 91.3 Å². The molecule has 0 saturated carbocycles. The van der Waals surface area contributed by atoms with Crippen molar-refractivity contribution < 1.29 is 14.3 Å². The Kier molecular flexibility index (Phi) is 7.55. The molecule has 2 aromatic carbocycles. The maximum Gasteiger partial charge on any atom is 0.268 e. The van der Waals surface area contributed by atoms with Crippen molar-refractivity contribution in [2.45, 2.75) is 20.5 Å². The minimum Gasteiger partial charge on any atom is -0.494 e. The monoisotopic (exact) mass is 485 g/mol. The highest BCUT2D eigenvalue weighted by atomic mass is 32.1. The standard InChI is InChI=1S/C26H23N5O3S/c1-3-33-22-12-10-20(11-13-22)31-14-6-8-21(31)15-19(16-27)25(32)28-26-30-29-24(35-26)17-34-23-9-5-4-7-18(23)2/h4-15H,3,17H2,1-2H3,(H,28,30,32)/b19-15-. The quantitative estimate of drug-likeness (QED) is 0.259. The summed E-state index contributed by atoms with van der Waals surface area (Å²) < 4.78 is 13.1. The predicted octanol–water partition coefficient (Wildman–Crippen LogP) is 5.16. The minimum absolute atomic E-state index is 0.0520. The van der Waals surface area contributed by atoms with E-state index >= 15 is 0 Å². The molecule has 2 heterocycles. The van der Waals surface area contributed by atoms with Crippen LogP contribution in [0, 0.1) is 18.3 Å². The van der Waals surface area contributed by atoms with Crippen LogP contribution in [0.4, 0.5) is 5.13 Å². The maximum absolute atomic E-state index is 12.7. The van der Waals surface area contributed by atoms with Crippen molar-refractivity contribution in [3.05, 3.63) is 88.7 Å². The van der Waals surface area contributed by atoms with E-state index in [9.17, 15) is 10.1 Å². The van der Waals surface area contributed by atoms with Crippen molar-refractivity contribution in [1.82, 2.24) is 14.8 Å². The second-order valence-corrected chi connectivity index (χ2v) is 8.47. The number of aryl methyl sites for hydroxylation is 1. The van der Waals surface area contributed by atoms with Gasteiger partial charge in [-0.25, -0.2) is 0 Å². The van der Waals surface area contributed by atoms with Crippen LogP contribution >= 0.6 is 11.3 Å². The van der Waals surface area contributed by atoms with Gasteiger partial charge in [-0.2, -0.15) is 5.26 Å². The normalized spacial score (nSPS) is 11.1. The number of hydrogen-bond donors (Lipinski definition) is 1. The zero-order valence-electron chi connectivity index (χ0n) is 19.3. The van der Waals surface area contributed by atoms with Crippen LogP contribution in [0.2, 0.25) is 0 Å². The van der Waals surface area contributed by atoms with Crippen molar-refractivity contribution in [3.8, 4) is 23.3 Å². The molecule has 4 rings (SSSR count). The maximum atomic E-state index is 12.7. The molecular formula is C26H23N5O3S. The van der Waals surface area contributed by atoms with Crippen LogP contribution in [0.5, 0.6) is 11.5 Å². The van der Waals surface area contributed by atoms with Gasteiger partial charge in [0.1, 0.15) is 29.7 Å². The van der Waals surface area contributed by atoms with Crippen LogP contribution in [-0.2, 0) is 11.4 Å². The fraction of sp³-hybridized carbons (Fsp3) is 0.154. The molecule has 0 aliphatic rings. The summed E-state index contributed by atoms with van der Waals surface area (Å²) in [5.74, 6) is 0.978. The van der Waals surface area contributed by atoms with E-state index < -0.39 is 5.91 Å². The first-order valence-corrected chi connectivity index (χ1v) is 11.7. The van der Waals surface area contributed by atoms with Crippen molar-refractivity contribution in [2.75, 3.05) is 11.9 Å². The number of nitrogens with zero attached hydrogens (tertiary/aromatic N) is 4. The highest BCUT2D eigenvalue weighted by Gasteiger charge is 2.14. The number of para-hydroxylation sites is 1. The number of benzene rings is 2. The van der Waals surface area contributed by atoms with E-state index in [-0.39, 0.29) is 12.2 Å². The van der Waals surface area contributed by atoms with Gasteiger partial charge in [0, 0.05) is 17.6 Å². The van der Waals surface area contributed by atoms with E-state index in [2.05, 4.69) is 15.5 Å². The third-order valence-electron chi connectivity index (χ3n) is 5.00. The van der Waals surface area contributed by atoms with Gasteiger partial charge in [-0.05, 0) is 68.0 Å². The van der Waals surface area contributed by atoms with Gasteiger partial charge in [0.15, 0.2) is 5.01 Å². The summed E-state index contributed by atoms with van der Waals surface area (Å²) in [7, 11) is 0. The molecule has 8 nitrogen and oxygen atoms in total. The highest BCUT2D eigenvalue weighted by Crippen LogP contribution is 2.22. The number of aromatic nitrogens is 3. The topological polar surface area (TPSA) is 102 Å². The van der Waals surface area contributed by atoms with Crippen LogP contribution in [-0.4, -0.2) is 27.3 Å². The second-order valence-electron chi connectivity index (χ2n) is 7.41. The smallest absolute Gasteiger partial charge is 0.268 e. The molecule has 176 valence electrons. The molecule has 0 saturated heterocycles. The Bertz CT molecular complexity index is 1380. The summed E-state index contributed by atoms with van der Waals surface area (Å²) in [6, 6.07) is 20.9. The van der Waals surface area contributed by atoms with E-state index in [0.717, 1.165) is 22.7 Å². The number of ether oxygens (including phenoxy) is 2. The van der Waals surface area contributed by atoms with Crippen LogP contribution < -0.4 is 14.8 Å². The van der Waals surface area contributed by atoms with Gasteiger partial charge in [0.05, 0.1) is 6.61 Å². The Labute approximate surface area is 207 Å². The SMILES string of the molecule is CCOc1ccc(-n2cccc2/C=C(/C#N)C(=O)Nc2nnc(COc3ccccc3C)s2)cc1. The van der Waals surface area contributed by atoms with Gasteiger partial charge in [-0.15, -0.1) is 10.2 Å². The summed E-state index contributed by atoms with van der Waals surface area (Å²) in [4.78, 5) is 12.7. The molecule has 0 spiro atoms. The zero-order valence-corrected chi connectivity index (χ0v) is 20.1. The first-order chi connectivity index (χ1) is 17.1. The third-order valence-corrected chi connectivity index (χ3v) is 5.81. The minimum atomic E-state index is -0.561. The number of rotatable bonds is 9. The molecule has 1 N–H and O–H groups in total. The van der Waals surface area contributed by atoms with Gasteiger partial charge < -0.3 is 14.0 Å². The van der Waals surface area contributed by atoms with E-state index in [0.29, 0.717) is 22.4 Å². The molecule has 2 aromatic heterocycles. The molecule has 35 heavy (non-hydrogen) atoms. The lowest BCUT2D eigenvalue weighted by Gasteiger charge is -2.09. The molecule has 9 heteroatoms. The summed E-state index contributed by atoms with van der Waals surface area (Å²) in [6.07, 6.45) is 3.40. The number of amides is 1. The number of hydrogen-bond acceptors (Lipinski definition) is 7. The van der Waals surface area contributed by atoms with Crippen molar-refractivity contribution in [2.24, 2.45) is 0 Å². The molecule has 0 aliphatic heterocycles. The van der Waals surface area contributed by atoms with Gasteiger partial charge in [-0.1, -0.05) is 29.5 Å². The summed E-state index contributed by atoms with van der Waals surface area (Å²) in [6.45, 7) is 4.71. The summed E-state index contributed by atoms with van der Waals surface area (Å²) in [5, 5.41) is 21.2. The summed E-state index contributed by atoms with van der Waals surface area (Å²) in [5.41, 5.74) is 2.53. The molecule has 0 fully saturated rings. The van der Waals surface area contributed by atoms with Crippen LogP contribution in [0.15, 0.2) is 72.4 Å². The van der Waals surface area contributed by atoms with Crippen LogP contribution in [0.3, 0.4) is 0 Å². The van der Waals surface area contributed by atoms with Crippen molar-refractivity contribution in [1.29, 1.82) is 5.26 Å². The Morgan fingerprint density at radius 1 is 1.11 bits per heavy atom. The molecule has 0 bridgehead atoms. The molecule has 0 aliphatic carbocycles. The molecule has 0 unspecified atom stereocenters. The fourth-order valence-electron chi connectivity index (χ4n) is 3.30. The molecule has 4 aromatic rings. The number of anilines is 1. The number of carbonyl (C=O) groups is 1. The van der Waals surface area contributed by atoms with Crippen molar-refractivity contribution >= 4 is 28.5 Å². The zero-order chi connectivity index (χ0) is 24.6. The Morgan fingerprint density at radius 2 is 1.91 bits per heavy atom. The predicted molar refractivity (Wildman–Crippen MR) is 135 cm³/mol. The van der Waals surface area contributed by atoms with Gasteiger partial charge >= 0.3 is 0 Å². The number of nitriles is 1. The molecular weight excluding hydrogens is 462 g/mol. The third kappa shape index (κ3) is 5.93.